The van der Waals surface area contributed by atoms with Crippen molar-refractivity contribution in [3.05, 3.63) is 193 Å². The van der Waals surface area contributed by atoms with Gasteiger partial charge in [-0.2, -0.15) is 0 Å². The first kappa shape index (κ1) is 32.5. The maximum atomic E-state index is 11.3. The van der Waals surface area contributed by atoms with Crippen molar-refractivity contribution in [3.8, 4) is 45.6 Å². The molecule has 0 saturated heterocycles. The summed E-state index contributed by atoms with van der Waals surface area (Å²) in [7, 11) is 0. The second kappa shape index (κ2) is 15.0. The van der Waals surface area contributed by atoms with Crippen LogP contribution >= 0.6 is 0 Å². The Labute approximate surface area is 302 Å². The van der Waals surface area contributed by atoms with E-state index in [4.69, 9.17) is 18.9 Å². The number of hydrogen-bond donors (Lipinski definition) is 1. The van der Waals surface area contributed by atoms with Gasteiger partial charge in [0, 0.05) is 17.2 Å². The Bertz CT molecular complexity index is 2460. The molecule has 0 fully saturated rings. The van der Waals surface area contributed by atoms with Gasteiger partial charge in [0.1, 0.15) is 54.3 Å². The van der Waals surface area contributed by atoms with Gasteiger partial charge in [-0.25, -0.2) is 0 Å². The Kier molecular flexibility index (Phi) is 9.39. The standard InChI is InChI=1S/C47H36O5/c48-44-24-22-36-15-7-9-20-42(36)46(44)47-43-21-10-8-16-37(43)23-25-45(47)51-32-35-27-40(49-30-33-12-3-1-4-13-33)29-41(28-35)50-31-34-14-11-19-39(26-34)52-38-17-5-2-6-18-38/h1-29,48H,30-32H2. The number of phenols is 1. The molecule has 0 spiro atoms. The summed E-state index contributed by atoms with van der Waals surface area (Å²) >= 11 is 0. The summed E-state index contributed by atoms with van der Waals surface area (Å²) in [5.74, 6) is 3.71. The zero-order valence-corrected chi connectivity index (χ0v) is 28.4. The Morgan fingerprint density at radius 3 is 1.63 bits per heavy atom. The number of phenolic OH excluding ortho intramolecular Hbond substituents is 1. The van der Waals surface area contributed by atoms with E-state index in [1.165, 1.54) is 0 Å². The Hall–Kier alpha value is -6.72. The van der Waals surface area contributed by atoms with E-state index in [1.54, 1.807) is 6.07 Å². The van der Waals surface area contributed by atoms with Crippen molar-refractivity contribution in [1.82, 2.24) is 0 Å². The largest absolute Gasteiger partial charge is 0.507 e. The number of ether oxygens (including phenoxy) is 4. The molecule has 5 heteroatoms. The quantitative estimate of drug-likeness (QED) is 0.139. The highest BCUT2D eigenvalue weighted by molar-refractivity contribution is 6.09. The van der Waals surface area contributed by atoms with E-state index in [1.807, 2.05) is 146 Å². The van der Waals surface area contributed by atoms with Gasteiger partial charge < -0.3 is 24.1 Å². The van der Waals surface area contributed by atoms with Gasteiger partial charge in [0.15, 0.2) is 0 Å². The Balaban J connectivity index is 1.09. The molecule has 8 rings (SSSR count). The monoisotopic (exact) mass is 680 g/mol. The number of hydrogen-bond acceptors (Lipinski definition) is 5. The maximum Gasteiger partial charge on any atom is 0.128 e. The van der Waals surface area contributed by atoms with Gasteiger partial charge in [-0.15, -0.1) is 0 Å². The molecule has 0 aliphatic carbocycles. The molecule has 0 aliphatic rings. The number of para-hydroxylation sites is 1. The van der Waals surface area contributed by atoms with E-state index < -0.39 is 0 Å². The fourth-order valence-electron chi connectivity index (χ4n) is 6.43. The molecule has 0 saturated carbocycles. The van der Waals surface area contributed by atoms with Crippen LogP contribution in [0.4, 0.5) is 0 Å². The Morgan fingerprint density at radius 2 is 0.904 bits per heavy atom. The highest BCUT2D eigenvalue weighted by Gasteiger charge is 2.18. The van der Waals surface area contributed by atoms with Gasteiger partial charge in [0.2, 0.25) is 0 Å². The van der Waals surface area contributed by atoms with Crippen molar-refractivity contribution in [2.45, 2.75) is 19.8 Å². The molecule has 8 aromatic rings. The zero-order valence-electron chi connectivity index (χ0n) is 28.4. The van der Waals surface area contributed by atoms with Crippen molar-refractivity contribution in [2.24, 2.45) is 0 Å². The van der Waals surface area contributed by atoms with E-state index in [9.17, 15) is 5.11 Å². The van der Waals surface area contributed by atoms with Crippen molar-refractivity contribution in [3.63, 3.8) is 0 Å². The van der Waals surface area contributed by atoms with Crippen molar-refractivity contribution >= 4 is 21.5 Å². The summed E-state index contributed by atoms with van der Waals surface area (Å²) in [5, 5.41) is 15.3. The van der Waals surface area contributed by atoms with E-state index in [2.05, 4.69) is 24.3 Å². The van der Waals surface area contributed by atoms with E-state index in [-0.39, 0.29) is 12.4 Å². The minimum atomic E-state index is 0.199. The summed E-state index contributed by atoms with van der Waals surface area (Å²) in [6, 6.07) is 57.6. The van der Waals surface area contributed by atoms with Gasteiger partial charge in [-0.05, 0) is 86.8 Å². The van der Waals surface area contributed by atoms with Crippen LogP contribution in [0.15, 0.2) is 176 Å². The van der Waals surface area contributed by atoms with Gasteiger partial charge in [-0.3, -0.25) is 0 Å². The van der Waals surface area contributed by atoms with Crippen LogP contribution in [0.3, 0.4) is 0 Å². The molecule has 1 N–H and O–H groups in total. The summed E-state index contributed by atoms with van der Waals surface area (Å²) in [4.78, 5) is 0. The highest BCUT2D eigenvalue weighted by atomic mass is 16.5. The first-order valence-electron chi connectivity index (χ1n) is 17.3. The maximum absolute atomic E-state index is 11.3. The van der Waals surface area contributed by atoms with Crippen LogP contribution in [-0.2, 0) is 19.8 Å². The van der Waals surface area contributed by atoms with Crippen LogP contribution in [0, 0.1) is 0 Å². The second-order valence-electron chi connectivity index (χ2n) is 12.6. The molecular weight excluding hydrogens is 645 g/mol. The molecule has 254 valence electrons. The normalized spacial score (nSPS) is 11.0. The fourth-order valence-corrected chi connectivity index (χ4v) is 6.43. The molecule has 0 aromatic heterocycles. The zero-order chi connectivity index (χ0) is 35.1. The third kappa shape index (κ3) is 7.40. The first-order valence-corrected chi connectivity index (χ1v) is 17.3. The second-order valence-corrected chi connectivity index (χ2v) is 12.6. The lowest BCUT2D eigenvalue weighted by atomic mass is 9.92. The smallest absolute Gasteiger partial charge is 0.128 e. The molecule has 0 heterocycles. The lowest BCUT2D eigenvalue weighted by Crippen LogP contribution is -2.02. The van der Waals surface area contributed by atoms with Crippen molar-refractivity contribution in [2.75, 3.05) is 0 Å². The molecular formula is C47H36O5. The summed E-state index contributed by atoms with van der Waals surface area (Å²) in [6.07, 6.45) is 0. The van der Waals surface area contributed by atoms with Crippen LogP contribution < -0.4 is 18.9 Å². The number of fused-ring (bicyclic) bond motifs is 2. The van der Waals surface area contributed by atoms with Crippen molar-refractivity contribution in [1.29, 1.82) is 0 Å². The average Bonchev–Trinajstić information content (AvgIpc) is 3.19. The lowest BCUT2D eigenvalue weighted by molar-refractivity contribution is 0.282. The predicted molar refractivity (Wildman–Crippen MR) is 207 cm³/mol. The van der Waals surface area contributed by atoms with Crippen LogP contribution in [0.1, 0.15) is 16.7 Å². The van der Waals surface area contributed by atoms with Gasteiger partial charge >= 0.3 is 0 Å². The molecule has 0 radical (unpaired) electrons. The number of benzene rings is 8. The third-order valence-corrected chi connectivity index (χ3v) is 8.91. The molecule has 0 unspecified atom stereocenters. The summed E-state index contributed by atoms with van der Waals surface area (Å²) in [5.41, 5.74) is 4.50. The van der Waals surface area contributed by atoms with Crippen LogP contribution in [-0.4, -0.2) is 5.11 Å². The van der Waals surface area contributed by atoms with Crippen LogP contribution in [0.5, 0.6) is 34.5 Å². The number of rotatable bonds is 12. The van der Waals surface area contributed by atoms with E-state index in [0.29, 0.717) is 30.5 Å². The fraction of sp³-hybridized carbons (Fsp3) is 0.0638. The van der Waals surface area contributed by atoms with Crippen molar-refractivity contribution < 1.29 is 24.1 Å². The van der Waals surface area contributed by atoms with E-state index in [0.717, 1.165) is 60.9 Å². The minimum absolute atomic E-state index is 0.199. The predicted octanol–water partition coefficient (Wildman–Crippen LogP) is 11.9. The lowest BCUT2D eigenvalue weighted by Gasteiger charge is -2.18. The summed E-state index contributed by atoms with van der Waals surface area (Å²) < 4.78 is 25.4. The van der Waals surface area contributed by atoms with Gasteiger partial charge in [0.05, 0.1) is 0 Å². The number of aromatic hydroxyl groups is 1. The van der Waals surface area contributed by atoms with Gasteiger partial charge in [-0.1, -0.05) is 121 Å². The molecule has 0 bridgehead atoms. The van der Waals surface area contributed by atoms with E-state index >= 15 is 0 Å². The Morgan fingerprint density at radius 1 is 0.365 bits per heavy atom. The van der Waals surface area contributed by atoms with Crippen LogP contribution in [0.25, 0.3) is 32.7 Å². The molecule has 5 nitrogen and oxygen atoms in total. The average molecular weight is 681 g/mol. The van der Waals surface area contributed by atoms with Crippen LogP contribution in [0.2, 0.25) is 0 Å². The SMILES string of the molecule is Oc1ccc2ccccc2c1-c1c(OCc2cc(OCc3ccccc3)cc(OCc3cccc(Oc4ccccc4)c3)c2)ccc2ccccc12. The molecule has 0 aliphatic heterocycles. The molecule has 8 aromatic carbocycles. The third-order valence-electron chi connectivity index (χ3n) is 8.91. The molecule has 52 heavy (non-hydrogen) atoms. The topological polar surface area (TPSA) is 57.2 Å². The minimum Gasteiger partial charge on any atom is -0.507 e. The highest BCUT2D eigenvalue weighted by Crippen LogP contribution is 2.45. The molecule has 0 amide bonds. The van der Waals surface area contributed by atoms with Gasteiger partial charge in [0.25, 0.3) is 0 Å². The summed E-state index contributed by atoms with van der Waals surface area (Å²) in [6.45, 7) is 0.998. The first-order chi connectivity index (χ1) is 25.7. The molecule has 0 atom stereocenters.